The molecule has 0 aromatic heterocycles. The van der Waals surface area contributed by atoms with Crippen LogP contribution in [0.2, 0.25) is 0 Å². The van der Waals surface area contributed by atoms with E-state index in [1.807, 2.05) is 13.8 Å². The van der Waals surface area contributed by atoms with Crippen LogP contribution in [-0.2, 0) is 0 Å². The molecular weight excluding hydrogens is 124 g/mol. The molecule has 0 saturated carbocycles. The van der Waals surface area contributed by atoms with Crippen molar-refractivity contribution in [3.8, 4) is 0 Å². The van der Waals surface area contributed by atoms with Gasteiger partial charge in [-0.1, -0.05) is 13.8 Å². The second-order valence-corrected chi connectivity index (χ2v) is 2.41. The van der Waals surface area contributed by atoms with Crippen molar-refractivity contribution in [3.63, 3.8) is 0 Å². The first kappa shape index (κ1) is 9.92. The van der Waals surface area contributed by atoms with Gasteiger partial charge in [0.2, 0.25) is 0 Å². The monoisotopic (exact) mass is 144 g/mol. The SMILES string of the molecule is CC.CN1CCCNCC1. The molecule has 1 fully saturated rings. The van der Waals surface area contributed by atoms with Crippen LogP contribution in [0.25, 0.3) is 0 Å². The molecule has 62 valence electrons. The van der Waals surface area contributed by atoms with Gasteiger partial charge in [0.25, 0.3) is 0 Å². The minimum atomic E-state index is 1.16. The number of nitrogens with one attached hydrogen (secondary N) is 1. The smallest absolute Gasteiger partial charge is 0.0104 e. The Morgan fingerprint density at radius 1 is 1.10 bits per heavy atom. The van der Waals surface area contributed by atoms with Crippen molar-refractivity contribution >= 4 is 0 Å². The van der Waals surface area contributed by atoms with Gasteiger partial charge >= 0.3 is 0 Å². The van der Waals surface area contributed by atoms with Gasteiger partial charge in [0.05, 0.1) is 0 Å². The summed E-state index contributed by atoms with van der Waals surface area (Å²) in [6, 6.07) is 0. The molecule has 0 spiro atoms. The molecule has 1 N–H and O–H groups in total. The fourth-order valence-corrected chi connectivity index (χ4v) is 0.981. The number of rotatable bonds is 0. The van der Waals surface area contributed by atoms with Crippen molar-refractivity contribution in [2.75, 3.05) is 33.2 Å². The average molecular weight is 144 g/mol. The van der Waals surface area contributed by atoms with Gasteiger partial charge in [-0.15, -0.1) is 0 Å². The Morgan fingerprint density at radius 2 is 1.80 bits per heavy atom. The van der Waals surface area contributed by atoms with Gasteiger partial charge in [0.1, 0.15) is 0 Å². The van der Waals surface area contributed by atoms with Crippen LogP contribution < -0.4 is 5.32 Å². The third kappa shape index (κ3) is 4.77. The number of hydrogen-bond donors (Lipinski definition) is 1. The average Bonchev–Trinajstić information content (AvgIpc) is 2.21. The van der Waals surface area contributed by atoms with Crippen molar-refractivity contribution in [2.45, 2.75) is 20.3 Å². The molecule has 2 heteroatoms. The van der Waals surface area contributed by atoms with E-state index in [0.29, 0.717) is 0 Å². The lowest BCUT2D eigenvalue weighted by molar-refractivity contribution is 0.358. The van der Waals surface area contributed by atoms with Gasteiger partial charge in [0, 0.05) is 13.1 Å². The minimum absolute atomic E-state index is 1.16. The summed E-state index contributed by atoms with van der Waals surface area (Å²) in [7, 11) is 2.17. The molecule has 0 unspecified atom stereocenters. The maximum atomic E-state index is 3.34. The van der Waals surface area contributed by atoms with Crippen molar-refractivity contribution in [3.05, 3.63) is 0 Å². The standard InChI is InChI=1S/C6H14N2.C2H6/c1-8-5-2-3-7-4-6-8;1-2/h7H,2-6H2,1H3;1-2H3. The van der Waals surface area contributed by atoms with Crippen molar-refractivity contribution in [1.82, 2.24) is 10.2 Å². The molecule has 0 aromatic rings. The second-order valence-electron chi connectivity index (χ2n) is 2.41. The van der Waals surface area contributed by atoms with Crippen LogP contribution >= 0.6 is 0 Å². The first-order chi connectivity index (χ1) is 4.89. The van der Waals surface area contributed by atoms with Crippen LogP contribution in [0.3, 0.4) is 0 Å². The highest BCUT2D eigenvalue weighted by atomic mass is 15.1. The topological polar surface area (TPSA) is 15.3 Å². The van der Waals surface area contributed by atoms with E-state index in [9.17, 15) is 0 Å². The van der Waals surface area contributed by atoms with Gasteiger partial charge < -0.3 is 10.2 Å². The van der Waals surface area contributed by atoms with E-state index in [1.165, 1.54) is 26.1 Å². The molecule has 1 heterocycles. The number of likely N-dealkylation sites (N-methyl/N-ethyl adjacent to an activating group) is 1. The van der Waals surface area contributed by atoms with Crippen molar-refractivity contribution < 1.29 is 0 Å². The fourth-order valence-electron chi connectivity index (χ4n) is 0.981. The Morgan fingerprint density at radius 3 is 2.50 bits per heavy atom. The van der Waals surface area contributed by atoms with Gasteiger partial charge in [-0.05, 0) is 26.6 Å². The van der Waals surface area contributed by atoms with Gasteiger partial charge in [-0.3, -0.25) is 0 Å². The van der Waals surface area contributed by atoms with E-state index in [0.717, 1.165) is 6.54 Å². The fraction of sp³-hybridized carbons (Fsp3) is 1.00. The lowest BCUT2D eigenvalue weighted by atomic mass is 10.4. The minimum Gasteiger partial charge on any atom is -0.315 e. The zero-order valence-electron chi connectivity index (χ0n) is 7.48. The van der Waals surface area contributed by atoms with Crippen LogP contribution in [0.5, 0.6) is 0 Å². The summed E-state index contributed by atoms with van der Waals surface area (Å²) in [4.78, 5) is 2.36. The third-order valence-corrected chi connectivity index (χ3v) is 1.56. The zero-order chi connectivity index (χ0) is 7.82. The highest BCUT2D eigenvalue weighted by Gasteiger charge is 2.00. The van der Waals surface area contributed by atoms with Crippen molar-refractivity contribution in [2.24, 2.45) is 0 Å². The van der Waals surface area contributed by atoms with E-state index in [-0.39, 0.29) is 0 Å². The molecule has 1 aliphatic heterocycles. The molecule has 1 aliphatic rings. The second kappa shape index (κ2) is 7.03. The zero-order valence-corrected chi connectivity index (χ0v) is 7.48. The number of nitrogens with zero attached hydrogens (tertiary/aromatic N) is 1. The summed E-state index contributed by atoms with van der Waals surface area (Å²) in [5, 5.41) is 3.34. The summed E-state index contributed by atoms with van der Waals surface area (Å²) in [6.45, 7) is 8.83. The van der Waals surface area contributed by atoms with Gasteiger partial charge in [0.15, 0.2) is 0 Å². The van der Waals surface area contributed by atoms with E-state index in [1.54, 1.807) is 0 Å². The predicted octanol–water partition coefficient (Wildman–Crippen LogP) is 0.938. The summed E-state index contributed by atoms with van der Waals surface area (Å²) < 4.78 is 0. The molecular formula is C8H20N2. The maximum absolute atomic E-state index is 3.34. The first-order valence-electron chi connectivity index (χ1n) is 4.29. The summed E-state index contributed by atoms with van der Waals surface area (Å²) in [5.41, 5.74) is 0. The van der Waals surface area contributed by atoms with Crippen molar-refractivity contribution in [1.29, 1.82) is 0 Å². The highest BCUT2D eigenvalue weighted by Crippen LogP contribution is 1.88. The van der Waals surface area contributed by atoms with E-state index in [4.69, 9.17) is 0 Å². The Labute approximate surface area is 64.6 Å². The predicted molar refractivity (Wildman–Crippen MR) is 46.3 cm³/mol. The lowest BCUT2D eigenvalue weighted by Gasteiger charge is -2.09. The summed E-state index contributed by atoms with van der Waals surface area (Å²) >= 11 is 0. The maximum Gasteiger partial charge on any atom is 0.0104 e. The Bertz CT molecular complexity index is 56.3. The molecule has 0 aliphatic carbocycles. The molecule has 0 bridgehead atoms. The normalized spacial score (nSPS) is 20.7. The van der Waals surface area contributed by atoms with Gasteiger partial charge in [-0.25, -0.2) is 0 Å². The van der Waals surface area contributed by atoms with Crippen LogP contribution in [0.4, 0.5) is 0 Å². The van der Waals surface area contributed by atoms with E-state index < -0.39 is 0 Å². The lowest BCUT2D eigenvalue weighted by Crippen LogP contribution is -2.23. The number of hydrogen-bond acceptors (Lipinski definition) is 2. The van der Waals surface area contributed by atoms with E-state index in [2.05, 4.69) is 17.3 Å². The Kier molecular flexibility index (Phi) is 6.98. The van der Waals surface area contributed by atoms with Crippen LogP contribution in [-0.4, -0.2) is 38.1 Å². The molecule has 0 amide bonds. The molecule has 10 heavy (non-hydrogen) atoms. The highest BCUT2D eigenvalue weighted by molar-refractivity contribution is 4.60. The molecule has 0 atom stereocenters. The quantitative estimate of drug-likeness (QED) is 0.544. The molecule has 1 saturated heterocycles. The molecule has 0 aromatic carbocycles. The Balaban J connectivity index is 0.000000371. The molecule has 1 rings (SSSR count). The largest absolute Gasteiger partial charge is 0.315 e. The summed E-state index contributed by atoms with van der Waals surface area (Å²) in [5.74, 6) is 0. The van der Waals surface area contributed by atoms with Crippen LogP contribution in [0.15, 0.2) is 0 Å². The van der Waals surface area contributed by atoms with Crippen LogP contribution in [0, 0.1) is 0 Å². The molecule has 0 radical (unpaired) electrons. The Hall–Kier alpha value is -0.0800. The van der Waals surface area contributed by atoms with Gasteiger partial charge in [-0.2, -0.15) is 0 Å². The first-order valence-corrected chi connectivity index (χ1v) is 4.29. The van der Waals surface area contributed by atoms with E-state index >= 15 is 0 Å². The summed E-state index contributed by atoms with van der Waals surface area (Å²) in [6.07, 6.45) is 1.30. The third-order valence-electron chi connectivity index (χ3n) is 1.56. The van der Waals surface area contributed by atoms with Crippen LogP contribution in [0.1, 0.15) is 20.3 Å². The molecule has 2 nitrogen and oxygen atoms in total.